The largest absolute Gasteiger partial charge is 0.381 e. The van der Waals surface area contributed by atoms with Crippen molar-refractivity contribution in [2.24, 2.45) is 11.1 Å². The van der Waals surface area contributed by atoms with Crippen molar-refractivity contribution in [3.05, 3.63) is 0 Å². The smallest absolute Gasteiger partial charge is 0.0687 e. The maximum atomic E-state index is 6.47. The third-order valence-electron chi connectivity index (χ3n) is 5.38. The highest BCUT2D eigenvalue weighted by Crippen LogP contribution is 2.45. The summed E-state index contributed by atoms with van der Waals surface area (Å²) in [5.41, 5.74) is 6.44. The number of hydrogen-bond acceptors (Lipinski definition) is 3. The molecule has 2 atom stereocenters. The molecule has 0 aromatic heterocycles. The molecule has 18 heavy (non-hydrogen) atoms. The van der Waals surface area contributed by atoms with Crippen LogP contribution in [0.25, 0.3) is 0 Å². The Labute approximate surface area is 110 Å². The molecule has 1 aliphatic carbocycles. The molecule has 2 saturated heterocycles. The van der Waals surface area contributed by atoms with E-state index in [0.717, 1.165) is 32.6 Å². The SMILES string of the molecule is NCC1(CC2CCC3(CCCCC3)O2)CCOC1. The van der Waals surface area contributed by atoms with Gasteiger partial charge in [-0.1, -0.05) is 19.3 Å². The highest BCUT2D eigenvalue weighted by Gasteiger charge is 2.44. The highest BCUT2D eigenvalue weighted by molar-refractivity contribution is 4.95. The maximum Gasteiger partial charge on any atom is 0.0687 e. The van der Waals surface area contributed by atoms with E-state index >= 15 is 0 Å². The average molecular weight is 253 g/mol. The van der Waals surface area contributed by atoms with Crippen LogP contribution in [0.2, 0.25) is 0 Å². The molecule has 0 bridgehead atoms. The second-order valence-electron chi connectivity index (χ2n) is 6.73. The summed E-state index contributed by atoms with van der Waals surface area (Å²) < 4.78 is 12.0. The fraction of sp³-hybridized carbons (Fsp3) is 1.00. The van der Waals surface area contributed by atoms with E-state index in [0.29, 0.717) is 6.10 Å². The van der Waals surface area contributed by atoms with Crippen molar-refractivity contribution in [2.45, 2.75) is 69.5 Å². The molecular formula is C15H27NO2. The standard InChI is InChI=1S/C15H27NO2/c16-11-14(8-9-17-12-14)10-13-4-7-15(18-13)5-2-1-3-6-15/h13H,1-12,16H2. The van der Waals surface area contributed by atoms with E-state index in [1.165, 1.54) is 44.9 Å². The fourth-order valence-electron chi connectivity index (χ4n) is 4.14. The summed E-state index contributed by atoms with van der Waals surface area (Å²) in [5.74, 6) is 0. The first-order valence-electron chi connectivity index (χ1n) is 7.72. The molecule has 3 heteroatoms. The predicted molar refractivity (Wildman–Crippen MR) is 71.5 cm³/mol. The molecule has 0 amide bonds. The monoisotopic (exact) mass is 253 g/mol. The van der Waals surface area contributed by atoms with Crippen LogP contribution >= 0.6 is 0 Å². The quantitative estimate of drug-likeness (QED) is 0.841. The van der Waals surface area contributed by atoms with E-state index in [1.54, 1.807) is 0 Å². The lowest BCUT2D eigenvalue weighted by atomic mass is 9.80. The van der Waals surface area contributed by atoms with Gasteiger partial charge >= 0.3 is 0 Å². The van der Waals surface area contributed by atoms with Crippen LogP contribution in [0.15, 0.2) is 0 Å². The van der Waals surface area contributed by atoms with Crippen LogP contribution in [0.5, 0.6) is 0 Å². The van der Waals surface area contributed by atoms with E-state index in [-0.39, 0.29) is 11.0 Å². The molecule has 0 aromatic carbocycles. The molecule has 1 spiro atoms. The van der Waals surface area contributed by atoms with Gasteiger partial charge in [0.05, 0.1) is 18.3 Å². The minimum absolute atomic E-state index is 0.213. The number of ether oxygens (including phenoxy) is 2. The van der Waals surface area contributed by atoms with Gasteiger partial charge in [-0.25, -0.2) is 0 Å². The van der Waals surface area contributed by atoms with Crippen molar-refractivity contribution in [3.8, 4) is 0 Å². The molecule has 3 rings (SSSR count). The van der Waals surface area contributed by atoms with Crippen molar-refractivity contribution in [1.82, 2.24) is 0 Å². The van der Waals surface area contributed by atoms with Gasteiger partial charge in [0.2, 0.25) is 0 Å². The lowest BCUT2D eigenvalue weighted by molar-refractivity contribution is -0.0767. The molecule has 104 valence electrons. The van der Waals surface area contributed by atoms with Crippen molar-refractivity contribution in [2.75, 3.05) is 19.8 Å². The van der Waals surface area contributed by atoms with Gasteiger partial charge < -0.3 is 15.2 Å². The van der Waals surface area contributed by atoms with Crippen molar-refractivity contribution < 1.29 is 9.47 Å². The molecule has 3 nitrogen and oxygen atoms in total. The molecule has 2 unspecified atom stereocenters. The van der Waals surface area contributed by atoms with Gasteiger partial charge in [0.1, 0.15) is 0 Å². The summed E-state index contributed by atoms with van der Waals surface area (Å²) in [4.78, 5) is 0. The Balaban J connectivity index is 1.58. The molecule has 1 saturated carbocycles. The molecule has 2 heterocycles. The fourth-order valence-corrected chi connectivity index (χ4v) is 4.14. The van der Waals surface area contributed by atoms with Gasteiger partial charge in [0, 0.05) is 18.6 Å². The highest BCUT2D eigenvalue weighted by atomic mass is 16.5. The van der Waals surface area contributed by atoms with Gasteiger partial charge in [0.15, 0.2) is 0 Å². The van der Waals surface area contributed by atoms with Crippen LogP contribution in [-0.2, 0) is 9.47 Å². The molecule has 0 radical (unpaired) electrons. The van der Waals surface area contributed by atoms with Crippen LogP contribution < -0.4 is 5.73 Å². The van der Waals surface area contributed by atoms with Crippen molar-refractivity contribution in [3.63, 3.8) is 0 Å². The van der Waals surface area contributed by atoms with Gasteiger partial charge in [-0.15, -0.1) is 0 Å². The van der Waals surface area contributed by atoms with E-state index in [1.807, 2.05) is 0 Å². The summed E-state index contributed by atoms with van der Waals surface area (Å²) in [6.07, 6.45) is 11.9. The van der Waals surface area contributed by atoms with Crippen molar-refractivity contribution in [1.29, 1.82) is 0 Å². The minimum Gasteiger partial charge on any atom is -0.381 e. The molecule has 2 N–H and O–H groups in total. The molecule has 3 aliphatic rings. The van der Waals surface area contributed by atoms with Gasteiger partial charge in [-0.3, -0.25) is 0 Å². The predicted octanol–water partition coefficient (Wildman–Crippen LogP) is 2.62. The Morgan fingerprint density at radius 2 is 1.89 bits per heavy atom. The van der Waals surface area contributed by atoms with Crippen molar-refractivity contribution >= 4 is 0 Å². The summed E-state index contributed by atoms with van der Waals surface area (Å²) in [7, 11) is 0. The third kappa shape index (κ3) is 2.45. The zero-order chi connectivity index (χ0) is 12.5. The summed E-state index contributed by atoms with van der Waals surface area (Å²) >= 11 is 0. The van der Waals surface area contributed by atoms with E-state index in [4.69, 9.17) is 15.2 Å². The van der Waals surface area contributed by atoms with E-state index in [2.05, 4.69) is 0 Å². The summed E-state index contributed by atoms with van der Waals surface area (Å²) in [6, 6.07) is 0. The zero-order valence-corrected chi connectivity index (χ0v) is 11.5. The topological polar surface area (TPSA) is 44.5 Å². The Morgan fingerprint density at radius 1 is 1.06 bits per heavy atom. The minimum atomic E-state index is 0.213. The molecule has 3 fully saturated rings. The molecule has 2 aliphatic heterocycles. The average Bonchev–Trinajstić information content (AvgIpc) is 3.00. The normalized spacial score (nSPS) is 39.5. The van der Waals surface area contributed by atoms with E-state index < -0.39 is 0 Å². The maximum absolute atomic E-state index is 6.47. The number of nitrogens with two attached hydrogens (primary N) is 1. The van der Waals surface area contributed by atoms with Crippen LogP contribution in [-0.4, -0.2) is 31.5 Å². The van der Waals surface area contributed by atoms with Gasteiger partial charge in [-0.2, -0.15) is 0 Å². The van der Waals surface area contributed by atoms with Crippen LogP contribution in [0.4, 0.5) is 0 Å². The first-order chi connectivity index (χ1) is 8.76. The second kappa shape index (κ2) is 5.10. The van der Waals surface area contributed by atoms with E-state index in [9.17, 15) is 0 Å². The summed E-state index contributed by atoms with van der Waals surface area (Å²) in [5, 5.41) is 0. The molecule has 0 aromatic rings. The van der Waals surface area contributed by atoms with Gasteiger partial charge in [-0.05, 0) is 38.5 Å². The number of hydrogen-bond donors (Lipinski definition) is 1. The van der Waals surface area contributed by atoms with Gasteiger partial charge in [0.25, 0.3) is 0 Å². The van der Waals surface area contributed by atoms with Crippen LogP contribution in [0.3, 0.4) is 0 Å². The first kappa shape index (κ1) is 12.9. The van der Waals surface area contributed by atoms with Crippen LogP contribution in [0, 0.1) is 5.41 Å². The summed E-state index contributed by atoms with van der Waals surface area (Å²) in [6.45, 7) is 2.48. The third-order valence-corrected chi connectivity index (χ3v) is 5.38. The lowest BCUT2D eigenvalue weighted by Crippen LogP contribution is -2.37. The van der Waals surface area contributed by atoms with Crippen LogP contribution in [0.1, 0.15) is 57.8 Å². The first-order valence-corrected chi connectivity index (χ1v) is 7.72. The Hall–Kier alpha value is -0.120. The number of rotatable bonds is 3. The Kier molecular flexibility index (Phi) is 3.65. The molecular weight excluding hydrogens is 226 g/mol. The zero-order valence-electron chi connectivity index (χ0n) is 11.5. The Morgan fingerprint density at radius 3 is 2.56 bits per heavy atom. The second-order valence-corrected chi connectivity index (χ2v) is 6.73. The lowest BCUT2D eigenvalue weighted by Gasteiger charge is -2.35. The Bertz CT molecular complexity index is 280.